The molecule has 0 bridgehead atoms. The van der Waals surface area contributed by atoms with Gasteiger partial charge in [0, 0.05) is 0 Å². The van der Waals surface area contributed by atoms with Gasteiger partial charge in [-0.2, -0.15) is 0 Å². The quantitative estimate of drug-likeness (QED) is 0.428. The van der Waals surface area contributed by atoms with Gasteiger partial charge < -0.3 is 0 Å². The fourth-order valence-electron chi connectivity index (χ4n) is 3.05. The molecule has 0 aliphatic rings. The molecule has 0 spiro atoms. The molecule has 6 heteroatoms. The topological polar surface area (TPSA) is 38.1 Å². The van der Waals surface area contributed by atoms with Gasteiger partial charge >= 0.3 is 172 Å². The van der Waals surface area contributed by atoms with Crippen molar-refractivity contribution in [2.45, 2.75) is 13.3 Å². The van der Waals surface area contributed by atoms with E-state index in [0.717, 1.165) is 40.9 Å². The molecule has 3 aromatic carbocycles. The molecule has 1 N–H and O–H groups in total. The summed E-state index contributed by atoms with van der Waals surface area (Å²) in [7, 11) is 0. The van der Waals surface area contributed by atoms with Crippen LogP contribution in [0.5, 0.6) is 0 Å². The maximum absolute atomic E-state index is 13.5. The molecule has 0 aliphatic carbocycles. The van der Waals surface area contributed by atoms with Gasteiger partial charge in [0.1, 0.15) is 0 Å². The van der Waals surface area contributed by atoms with Gasteiger partial charge in [-0.1, -0.05) is 0 Å². The first-order valence-corrected chi connectivity index (χ1v) is 10.6. The summed E-state index contributed by atoms with van der Waals surface area (Å²) >= 11 is 7.48. The predicted octanol–water partition coefficient (Wildman–Crippen LogP) is 5.03. The van der Waals surface area contributed by atoms with Crippen LogP contribution in [0, 0.1) is 5.82 Å². The molecule has 0 saturated carbocycles. The van der Waals surface area contributed by atoms with Crippen molar-refractivity contribution in [2.75, 3.05) is 11.9 Å². The van der Waals surface area contributed by atoms with Gasteiger partial charge in [-0.25, -0.2) is 4.39 Å². The molecule has 1 aromatic heterocycles. The number of oxazole rings is 1. The Bertz CT molecular complexity index is 1160. The van der Waals surface area contributed by atoms with Gasteiger partial charge in [0.2, 0.25) is 0 Å². The van der Waals surface area contributed by atoms with Crippen LogP contribution in [-0.2, 0) is 0 Å². The van der Waals surface area contributed by atoms with E-state index >= 15 is 0 Å². The van der Waals surface area contributed by atoms with Crippen molar-refractivity contribution in [2.24, 2.45) is 0 Å². The van der Waals surface area contributed by atoms with Crippen molar-refractivity contribution in [3.05, 3.63) is 65.4 Å². The van der Waals surface area contributed by atoms with Crippen molar-refractivity contribution in [1.82, 2.24) is 4.98 Å². The summed E-state index contributed by atoms with van der Waals surface area (Å²) in [5, 5.41) is 3.54. The summed E-state index contributed by atoms with van der Waals surface area (Å²) in [5.41, 5.74) is 5.17. The SMILES string of the molecule is CCCNc1ccc([AsH2])cc1-c1nc2cc(-c3ccc(F)c(Cl)c3)ccc2o1. The fourth-order valence-corrected chi connectivity index (χ4v) is 3.78. The second-order valence-corrected chi connectivity index (χ2v) is 8.37. The molecule has 3 nitrogen and oxygen atoms in total. The molecule has 0 amide bonds. The van der Waals surface area contributed by atoms with E-state index in [1.165, 1.54) is 10.4 Å². The molecular weight excluding hydrogens is 438 g/mol. The number of nitrogens with zero attached hydrogens (tertiary/aromatic N) is 1. The average molecular weight is 457 g/mol. The Labute approximate surface area is 176 Å². The zero-order chi connectivity index (χ0) is 19.7. The third-order valence-electron chi connectivity index (χ3n) is 4.48. The van der Waals surface area contributed by atoms with E-state index < -0.39 is 5.82 Å². The summed E-state index contributed by atoms with van der Waals surface area (Å²) in [4.78, 5) is 4.71. The molecular formula is C22H19AsClFN2O. The normalized spacial score (nSPS) is 11.1. The zero-order valence-electron chi connectivity index (χ0n) is 15.3. The number of anilines is 1. The van der Waals surface area contributed by atoms with Gasteiger partial charge in [0.25, 0.3) is 0 Å². The van der Waals surface area contributed by atoms with Crippen LogP contribution in [0.4, 0.5) is 10.1 Å². The first kappa shape index (κ1) is 19.0. The number of rotatable bonds is 5. The van der Waals surface area contributed by atoms with Gasteiger partial charge in [-0.3, -0.25) is 0 Å². The van der Waals surface area contributed by atoms with E-state index in [0.29, 0.717) is 11.5 Å². The summed E-state index contributed by atoms with van der Waals surface area (Å²) < 4.78 is 20.7. The Hall–Kier alpha value is -2.29. The van der Waals surface area contributed by atoms with Gasteiger partial charge in [0.15, 0.2) is 0 Å². The predicted molar refractivity (Wildman–Crippen MR) is 117 cm³/mol. The number of benzene rings is 3. The maximum atomic E-state index is 13.5. The second-order valence-electron chi connectivity index (χ2n) is 6.56. The van der Waals surface area contributed by atoms with Crippen LogP contribution in [-0.4, -0.2) is 28.4 Å². The van der Waals surface area contributed by atoms with E-state index in [1.54, 1.807) is 29.0 Å². The van der Waals surface area contributed by atoms with E-state index in [2.05, 4.69) is 30.4 Å². The van der Waals surface area contributed by atoms with Crippen LogP contribution >= 0.6 is 11.6 Å². The Morgan fingerprint density at radius 1 is 1.07 bits per heavy atom. The van der Waals surface area contributed by atoms with Gasteiger partial charge in [-0.15, -0.1) is 0 Å². The summed E-state index contributed by atoms with van der Waals surface area (Å²) in [6.45, 7) is 3.02. The Balaban J connectivity index is 1.77. The average Bonchev–Trinajstić information content (AvgIpc) is 3.12. The van der Waals surface area contributed by atoms with Crippen molar-refractivity contribution in [3.8, 4) is 22.6 Å². The molecule has 1 atom stereocenters. The van der Waals surface area contributed by atoms with Crippen molar-refractivity contribution < 1.29 is 8.81 Å². The first-order valence-electron chi connectivity index (χ1n) is 9.05. The Kier molecular flexibility index (Phi) is 5.43. The van der Waals surface area contributed by atoms with Crippen molar-refractivity contribution in [1.29, 1.82) is 0 Å². The standard InChI is InChI=1S/C22H19AsClFN2O/c1-2-9-26-19-7-5-15(23)12-16(19)22-27-20-11-14(4-8-21(20)28-22)13-3-6-18(25)17(24)10-13/h3-8,10-12,26H,2,9,23H2,1H3. The number of aromatic nitrogens is 1. The van der Waals surface area contributed by atoms with Crippen LogP contribution in [0.1, 0.15) is 13.3 Å². The van der Waals surface area contributed by atoms with Crippen LogP contribution in [0.3, 0.4) is 0 Å². The number of fused-ring (bicyclic) bond motifs is 1. The van der Waals surface area contributed by atoms with Crippen LogP contribution in [0.25, 0.3) is 33.7 Å². The second kappa shape index (κ2) is 7.98. The number of nitrogens with one attached hydrogen (secondary N) is 1. The molecule has 142 valence electrons. The molecule has 0 saturated heterocycles. The molecule has 4 aromatic rings. The molecule has 0 radical (unpaired) electrons. The number of hydrogen-bond acceptors (Lipinski definition) is 3. The Morgan fingerprint density at radius 3 is 2.64 bits per heavy atom. The minimum atomic E-state index is -0.427. The third kappa shape index (κ3) is 3.80. The molecule has 1 unspecified atom stereocenters. The first-order chi connectivity index (χ1) is 13.5. The molecule has 28 heavy (non-hydrogen) atoms. The van der Waals surface area contributed by atoms with E-state index in [9.17, 15) is 4.39 Å². The summed E-state index contributed by atoms with van der Waals surface area (Å²) in [6, 6.07) is 16.7. The Morgan fingerprint density at radius 2 is 1.86 bits per heavy atom. The van der Waals surface area contributed by atoms with Crippen LogP contribution < -0.4 is 9.67 Å². The van der Waals surface area contributed by atoms with Gasteiger partial charge in [0.05, 0.1) is 0 Å². The molecule has 0 fully saturated rings. The molecule has 0 aliphatic heterocycles. The number of hydrogen-bond donors (Lipinski definition) is 1. The van der Waals surface area contributed by atoms with Crippen molar-refractivity contribution in [3.63, 3.8) is 0 Å². The summed E-state index contributed by atoms with van der Waals surface area (Å²) in [5.74, 6) is 0.158. The van der Waals surface area contributed by atoms with Crippen LogP contribution in [0.15, 0.2) is 59.0 Å². The summed E-state index contributed by atoms with van der Waals surface area (Å²) in [6.07, 6.45) is 1.04. The van der Waals surface area contributed by atoms with Crippen LogP contribution in [0.2, 0.25) is 5.02 Å². The van der Waals surface area contributed by atoms with E-state index in [4.69, 9.17) is 21.0 Å². The minimum absolute atomic E-state index is 0.103. The molecule has 1 heterocycles. The van der Waals surface area contributed by atoms with E-state index in [1.807, 2.05) is 18.2 Å². The third-order valence-corrected chi connectivity index (χ3v) is 5.52. The van der Waals surface area contributed by atoms with Gasteiger partial charge in [-0.05, 0) is 0 Å². The van der Waals surface area contributed by atoms with E-state index in [-0.39, 0.29) is 5.02 Å². The van der Waals surface area contributed by atoms with Crippen molar-refractivity contribution >= 4 is 49.6 Å². The number of halogens is 2. The zero-order valence-corrected chi connectivity index (χ0v) is 18.5. The fraction of sp³-hybridized carbons (Fsp3) is 0.136. The molecule has 4 rings (SSSR count). The monoisotopic (exact) mass is 456 g/mol.